The molecule has 4 aromatic carbocycles. The van der Waals surface area contributed by atoms with Crippen LogP contribution in [0.5, 0.6) is 0 Å². The smallest absolute Gasteiger partial charge is 0.338 e. The largest absolute Gasteiger partial charge is 0.465 e. The summed E-state index contributed by atoms with van der Waals surface area (Å²) in [5.74, 6) is 1.03. The maximum atomic E-state index is 12.3. The van der Waals surface area contributed by atoms with E-state index in [2.05, 4.69) is 10.2 Å². The predicted molar refractivity (Wildman–Crippen MR) is 177 cm³/mol. The Balaban J connectivity index is 1.40. The van der Waals surface area contributed by atoms with Crippen molar-refractivity contribution >= 4 is 46.5 Å². The monoisotopic (exact) mass is 610 g/mol. The molecule has 0 fully saturated rings. The van der Waals surface area contributed by atoms with Gasteiger partial charge in [0, 0.05) is 11.3 Å². The Labute approximate surface area is 265 Å². The number of carbonyl (C=O) groups is 2. The third kappa shape index (κ3) is 4.99. The van der Waals surface area contributed by atoms with E-state index in [1.807, 2.05) is 90.5 Å². The number of esters is 2. The SMILES string of the molecule is CCOC(=O)c1ccc(NC2=Nc3ccccc3N3C2=Nc2c(c(C)nn2-c2ccccc2)[C@@H]3c2ccc(C(=O)OC)cc2)cc1. The number of fused-ring (bicyclic) bond motifs is 4. The number of aliphatic imine (C=N–C) groups is 2. The van der Waals surface area contributed by atoms with Crippen molar-refractivity contribution in [2.75, 3.05) is 23.9 Å². The van der Waals surface area contributed by atoms with Gasteiger partial charge in [-0.25, -0.2) is 24.3 Å². The Bertz CT molecular complexity index is 2010. The van der Waals surface area contributed by atoms with Crippen LogP contribution in [0.15, 0.2) is 113 Å². The molecule has 0 aliphatic carbocycles. The van der Waals surface area contributed by atoms with E-state index in [0.717, 1.165) is 39.6 Å². The molecule has 0 spiro atoms. The Morgan fingerprint density at radius 3 is 2.22 bits per heavy atom. The van der Waals surface area contributed by atoms with E-state index in [4.69, 9.17) is 24.6 Å². The number of para-hydroxylation sites is 3. The number of ether oxygens (including phenoxy) is 2. The standard InChI is InChI=1S/C36H30N6O4/c1-4-46-36(44)25-18-20-26(21-19-25)37-32-34-39-33-30(22(2)40-42(33)27-10-6-5-7-11-27)31(23-14-16-24(17-15-23)35(43)45-3)41(34)29-13-9-8-12-28(29)38-32/h5-21,31H,4H2,1-3H3,(H,37,38)/t31-/m0/s1. The van der Waals surface area contributed by atoms with Gasteiger partial charge in [0.15, 0.2) is 17.5 Å². The Morgan fingerprint density at radius 2 is 1.50 bits per heavy atom. The number of aryl methyl sites for hydroxylation is 1. The average Bonchev–Trinajstić information content (AvgIpc) is 3.43. The number of methoxy groups -OCH3 is 1. The highest BCUT2D eigenvalue weighted by atomic mass is 16.5. The van der Waals surface area contributed by atoms with Gasteiger partial charge in [0.25, 0.3) is 0 Å². The first kappa shape index (κ1) is 28.7. The molecule has 1 N–H and O–H groups in total. The number of benzene rings is 4. The quantitative estimate of drug-likeness (QED) is 0.207. The van der Waals surface area contributed by atoms with Crippen molar-refractivity contribution in [3.8, 4) is 5.69 Å². The lowest BCUT2D eigenvalue weighted by Gasteiger charge is -2.40. The number of nitrogens with one attached hydrogen (secondary N) is 1. The zero-order valence-electron chi connectivity index (χ0n) is 25.5. The van der Waals surface area contributed by atoms with E-state index in [1.165, 1.54) is 7.11 Å². The van der Waals surface area contributed by atoms with E-state index < -0.39 is 5.97 Å². The number of hydrogen-bond acceptors (Lipinski definition) is 9. The lowest BCUT2D eigenvalue weighted by atomic mass is 9.92. The number of amidine groups is 2. The van der Waals surface area contributed by atoms with Gasteiger partial charge in [-0.3, -0.25) is 0 Å². The number of nitrogens with zero attached hydrogens (tertiary/aromatic N) is 5. The van der Waals surface area contributed by atoms with Crippen molar-refractivity contribution in [2.24, 2.45) is 9.98 Å². The zero-order chi connectivity index (χ0) is 31.8. The van der Waals surface area contributed by atoms with E-state index in [9.17, 15) is 9.59 Å². The van der Waals surface area contributed by atoms with Gasteiger partial charge in [0.2, 0.25) is 0 Å². The molecule has 228 valence electrons. The van der Waals surface area contributed by atoms with E-state index in [1.54, 1.807) is 31.2 Å². The molecule has 0 saturated heterocycles. The summed E-state index contributed by atoms with van der Waals surface area (Å²) < 4.78 is 12.0. The average molecular weight is 611 g/mol. The van der Waals surface area contributed by atoms with E-state index in [-0.39, 0.29) is 12.0 Å². The summed E-state index contributed by atoms with van der Waals surface area (Å²) in [5, 5.41) is 8.42. The molecule has 1 atom stereocenters. The fraction of sp³-hybridized carbons (Fsp3) is 0.139. The highest BCUT2D eigenvalue weighted by Crippen LogP contribution is 2.48. The molecule has 0 amide bonds. The minimum absolute atomic E-state index is 0.304. The molecule has 7 rings (SSSR count). The maximum absolute atomic E-state index is 12.3. The molecule has 10 heteroatoms. The topological polar surface area (TPSA) is 110 Å². The van der Waals surface area contributed by atoms with Crippen LogP contribution in [0.3, 0.4) is 0 Å². The Kier molecular flexibility index (Phi) is 7.38. The summed E-state index contributed by atoms with van der Waals surface area (Å²) in [6, 6.07) is 31.9. The normalized spacial score (nSPS) is 14.7. The fourth-order valence-corrected chi connectivity index (χ4v) is 5.82. The minimum atomic E-state index is -0.401. The molecule has 2 aliphatic heterocycles. The van der Waals surface area contributed by atoms with Gasteiger partial charge in [-0.05, 0) is 80.1 Å². The predicted octanol–water partition coefficient (Wildman–Crippen LogP) is 6.94. The molecule has 0 bridgehead atoms. The van der Waals surface area contributed by atoms with Crippen LogP contribution >= 0.6 is 0 Å². The maximum Gasteiger partial charge on any atom is 0.338 e. The van der Waals surface area contributed by atoms with Crippen molar-refractivity contribution in [3.63, 3.8) is 0 Å². The van der Waals surface area contributed by atoms with Crippen LogP contribution < -0.4 is 10.2 Å². The summed E-state index contributed by atoms with van der Waals surface area (Å²) in [5.41, 5.74) is 6.87. The highest BCUT2D eigenvalue weighted by molar-refractivity contribution is 6.51. The second kappa shape index (κ2) is 11.8. The molecule has 1 aromatic heterocycles. The number of anilines is 2. The van der Waals surface area contributed by atoms with Crippen LogP contribution in [-0.4, -0.2) is 47.1 Å². The molecule has 46 heavy (non-hydrogen) atoms. The van der Waals surface area contributed by atoms with Gasteiger partial charge in [-0.2, -0.15) is 5.10 Å². The summed E-state index contributed by atoms with van der Waals surface area (Å²) in [6.45, 7) is 4.07. The fourth-order valence-electron chi connectivity index (χ4n) is 5.82. The minimum Gasteiger partial charge on any atom is -0.465 e. The summed E-state index contributed by atoms with van der Waals surface area (Å²) in [6.07, 6.45) is 0. The Hall–Kier alpha value is -6.03. The van der Waals surface area contributed by atoms with Gasteiger partial charge in [0.05, 0.1) is 53.6 Å². The van der Waals surface area contributed by atoms with Crippen molar-refractivity contribution in [1.29, 1.82) is 0 Å². The first-order valence-electron chi connectivity index (χ1n) is 14.9. The number of hydrogen-bond donors (Lipinski definition) is 1. The highest BCUT2D eigenvalue weighted by Gasteiger charge is 2.41. The number of aromatic nitrogens is 2. The van der Waals surface area contributed by atoms with E-state index in [0.29, 0.717) is 35.2 Å². The van der Waals surface area contributed by atoms with Crippen LogP contribution in [0.4, 0.5) is 22.9 Å². The molecule has 0 radical (unpaired) electrons. The molecule has 0 saturated carbocycles. The van der Waals surface area contributed by atoms with Crippen molar-refractivity contribution in [2.45, 2.75) is 19.9 Å². The third-order valence-corrected chi connectivity index (χ3v) is 7.95. The van der Waals surface area contributed by atoms with Crippen LogP contribution in [0, 0.1) is 6.92 Å². The Morgan fingerprint density at radius 1 is 0.826 bits per heavy atom. The third-order valence-electron chi connectivity index (χ3n) is 7.95. The van der Waals surface area contributed by atoms with Crippen molar-refractivity contribution in [1.82, 2.24) is 9.78 Å². The molecule has 0 unspecified atom stereocenters. The van der Waals surface area contributed by atoms with Gasteiger partial charge in [-0.1, -0.05) is 42.5 Å². The summed E-state index contributed by atoms with van der Waals surface area (Å²) in [4.78, 5) is 37.0. The lowest BCUT2D eigenvalue weighted by molar-refractivity contribution is 0.0525. The van der Waals surface area contributed by atoms with Crippen LogP contribution in [0.2, 0.25) is 0 Å². The summed E-state index contributed by atoms with van der Waals surface area (Å²) in [7, 11) is 1.37. The molecular formula is C36H30N6O4. The van der Waals surface area contributed by atoms with Gasteiger partial charge in [0.1, 0.15) is 0 Å². The summed E-state index contributed by atoms with van der Waals surface area (Å²) >= 11 is 0. The number of rotatable bonds is 6. The first-order chi connectivity index (χ1) is 22.5. The van der Waals surface area contributed by atoms with Crippen LogP contribution in [0.1, 0.15) is 50.5 Å². The van der Waals surface area contributed by atoms with Gasteiger partial charge < -0.3 is 19.7 Å². The molecule has 3 heterocycles. The zero-order valence-corrected chi connectivity index (χ0v) is 25.5. The molecule has 2 aliphatic rings. The van der Waals surface area contributed by atoms with Crippen LogP contribution in [-0.2, 0) is 9.47 Å². The second-order valence-corrected chi connectivity index (χ2v) is 10.8. The van der Waals surface area contributed by atoms with Crippen molar-refractivity contribution in [3.05, 3.63) is 131 Å². The van der Waals surface area contributed by atoms with Gasteiger partial charge >= 0.3 is 11.9 Å². The van der Waals surface area contributed by atoms with Crippen molar-refractivity contribution < 1.29 is 19.1 Å². The van der Waals surface area contributed by atoms with Crippen LogP contribution in [0.25, 0.3) is 5.69 Å². The second-order valence-electron chi connectivity index (χ2n) is 10.8. The lowest BCUT2D eigenvalue weighted by Crippen LogP contribution is -2.46. The van der Waals surface area contributed by atoms with E-state index >= 15 is 0 Å². The number of carbonyl (C=O) groups excluding carboxylic acids is 2. The van der Waals surface area contributed by atoms with Gasteiger partial charge in [-0.15, -0.1) is 0 Å². The molecule has 10 nitrogen and oxygen atoms in total. The molecule has 5 aromatic rings. The first-order valence-corrected chi connectivity index (χ1v) is 14.9. The molecular weight excluding hydrogens is 580 g/mol.